The summed E-state index contributed by atoms with van der Waals surface area (Å²) in [6.45, 7) is 0.143. The number of nitro groups is 1. The van der Waals surface area contributed by atoms with Crippen LogP contribution in [0.3, 0.4) is 0 Å². The Morgan fingerprint density at radius 3 is 2.25 bits per heavy atom. The molecule has 24 heavy (non-hydrogen) atoms. The van der Waals surface area contributed by atoms with Crippen molar-refractivity contribution < 1.29 is 28.3 Å². The van der Waals surface area contributed by atoms with E-state index in [0.717, 1.165) is 6.07 Å². The van der Waals surface area contributed by atoms with Crippen LogP contribution in [0.1, 0.15) is 16.1 Å². The molecule has 1 amide bonds. The predicted molar refractivity (Wildman–Crippen MR) is 82.6 cm³/mol. The van der Waals surface area contributed by atoms with Gasteiger partial charge >= 0.3 is 5.88 Å². The van der Waals surface area contributed by atoms with Crippen LogP contribution in [0.2, 0.25) is 0 Å². The summed E-state index contributed by atoms with van der Waals surface area (Å²) in [5.41, 5.74) is 0.693. The van der Waals surface area contributed by atoms with E-state index in [-0.39, 0.29) is 12.3 Å². The second-order valence-corrected chi connectivity index (χ2v) is 4.61. The van der Waals surface area contributed by atoms with Gasteiger partial charge in [0.25, 0.3) is 5.91 Å². The number of nitrogens with zero attached hydrogens (tertiary/aromatic N) is 1. The van der Waals surface area contributed by atoms with Crippen LogP contribution in [0, 0.1) is 10.1 Å². The van der Waals surface area contributed by atoms with Crippen molar-refractivity contribution in [2.45, 2.75) is 6.54 Å². The highest BCUT2D eigenvalue weighted by Crippen LogP contribution is 2.38. The molecule has 2 rings (SSSR count). The third kappa shape index (κ3) is 3.57. The fourth-order valence-corrected chi connectivity index (χ4v) is 2.05. The van der Waals surface area contributed by atoms with Crippen molar-refractivity contribution >= 4 is 11.8 Å². The first-order valence-electron chi connectivity index (χ1n) is 6.81. The van der Waals surface area contributed by atoms with E-state index in [1.165, 1.54) is 27.4 Å². The SMILES string of the molecule is COc1cc(CNC(=O)c2ccc([N+](=O)[O-])o2)cc(OC)c1OC. The summed E-state index contributed by atoms with van der Waals surface area (Å²) in [5.74, 6) is 0.139. The maximum absolute atomic E-state index is 12.0. The minimum Gasteiger partial charge on any atom is -0.493 e. The number of carbonyl (C=O) groups is 1. The van der Waals surface area contributed by atoms with E-state index in [1.54, 1.807) is 12.1 Å². The van der Waals surface area contributed by atoms with Gasteiger partial charge in [-0.25, -0.2) is 0 Å². The average molecular weight is 336 g/mol. The first-order chi connectivity index (χ1) is 11.5. The van der Waals surface area contributed by atoms with Gasteiger partial charge in [-0.15, -0.1) is 0 Å². The normalized spacial score (nSPS) is 10.1. The number of hydrogen-bond donors (Lipinski definition) is 1. The molecular formula is C15H16N2O7. The Hall–Kier alpha value is -3.23. The van der Waals surface area contributed by atoms with E-state index >= 15 is 0 Å². The molecule has 0 aliphatic carbocycles. The summed E-state index contributed by atoms with van der Waals surface area (Å²) in [5, 5.41) is 13.2. The molecule has 0 unspecified atom stereocenters. The highest BCUT2D eigenvalue weighted by molar-refractivity contribution is 5.91. The molecule has 1 heterocycles. The lowest BCUT2D eigenvalue weighted by molar-refractivity contribution is -0.402. The number of amides is 1. The Kier molecular flexibility index (Phi) is 5.25. The molecule has 0 atom stereocenters. The molecule has 0 saturated heterocycles. The van der Waals surface area contributed by atoms with Crippen molar-refractivity contribution in [2.24, 2.45) is 0 Å². The molecule has 0 fully saturated rings. The van der Waals surface area contributed by atoms with Gasteiger partial charge in [-0.1, -0.05) is 0 Å². The van der Waals surface area contributed by atoms with Gasteiger partial charge < -0.3 is 23.9 Å². The number of ether oxygens (including phenoxy) is 3. The molecule has 0 aliphatic heterocycles. The predicted octanol–water partition coefficient (Wildman–Crippen LogP) is 2.14. The van der Waals surface area contributed by atoms with Crippen LogP contribution in [0.5, 0.6) is 17.2 Å². The topological polar surface area (TPSA) is 113 Å². The van der Waals surface area contributed by atoms with Crippen molar-refractivity contribution in [3.8, 4) is 17.2 Å². The van der Waals surface area contributed by atoms with Gasteiger partial charge in [0.05, 0.1) is 27.4 Å². The molecule has 9 nitrogen and oxygen atoms in total. The molecule has 0 radical (unpaired) electrons. The number of rotatable bonds is 7. The fraction of sp³-hybridized carbons (Fsp3) is 0.267. The lowest BCUT2D eigenvalue weighted by Gasteiger charge is -2.14. The standard InChI is InChI=1S/C15H16N2O7/c1-21-11-6-9(7-12(22-2)14(11)23-3)8-16-15(18)10-4-5-13(24-10)17(19)20/h4-7H,8H2,1-3H3,(H,16,18). The quantitative estimate of drug-likeness (QED) is 0.608. The Balaban J connectivity index is 2.13. The van der Waals surface area contributed by atoms with Crippen LogP contribution in [0.15, 0.2) is 28.7 Å². The summed E-state index contributed by atoms with van der Waals surface area (Å²) in [6.07, 6.45) is 0. The summed E-state index contributed by atoms with van der Waals surface area (Å²) < 4.78 is 20.5. The van der Waals surface area contributed by atoms with Crippen LogP contribution in [-0.2, 0) is 6.54 Å². The highest BCUT2D eigenvalue weighted by atomic mass is 16.6. The van der Waals surface area contributed by atoms with Gasteiger partial charge in [0.1, 0.15) is 4.92 Å². The number of furan rings is 1. The molecule has 9 heteroatoms. The lowest BCUT2D eigenvalue weighted by Crippen LogP contribution is -2.22. The molecule has 0 bridgehead atoms. The van der Waals surface area contributed by atoms with Crippen molar-refractivity contribution in [1.29, 1.82) is 0 Å². The van der Waals surface area contributed by atoms with Crippen molar-refractivity contribution in [2.75, 3.05) is 21.3 Å². The van der Waals surface area contributed by atoms with E-state index in [4.69, 9.17) is 18.6 Å². The minimum absolute atomic E-state index is 0.143. The van der Waals surface area contributed by atoms with Gasteiger partial charge in [-0.3, -0.25) is 14.9 Å². The maximum Gasteiger partial charge on any atom is 0.433 e. The van der Waals surface area contributed by atoms with Crippen LogP contribution in [-0.4, -0.2) is 32.2 Å². The number of carbonyl (C=O) groups excluding carboxylic acids is 1. The van der Waals surface area contributed by atoms with Gasteiger partial charge in [0.2, 0.25) is 5.75 Å². The van der Waals surface area contributed by atoms with Crippen molar-refractivity contribution in [1.82, 2.24) is 5.32 Å². The third-order valence-electron chi connectivity index (χ3n) is 3.17. The first kappa shape index (κ1) is 17.1. The fourth-order valence-electron chi connectivity index (χ4n) is 2.05. The van der Waals surface area contributed by atoms with Crippen LogP contribution < -0.4 is 19.5 Å². The average Bonchev–Trinajstić information content (AvgIpc) is 3.09. The first-order valence-corrected chi connectivity index (χ1v) is 6.81. The van der Waals surface area contributed by atoms with E-state index < -0.39 is 16.7 Å². The highest BCUT2D eigenvalue weighted by Gasteiger charge is 2.18. The summed E-state index contributed by atoms with van der Waals surface area (Å²) in [7, 11) is 4.47. The maximum atomic E-state index is 12.0. The summed E-state index contributed by atoms with van der Waals surface area (Å²) >= 11 is 0. The number of hydrogen-bond acceptors (Lipinski definition) is 7. The lowest BCUT2D eigenvalue weighted by atomic mass is 10.1. The van der Waals surface area contributed by atoms with Crippen molar-refractivity contribution in [3.63, 3.8) is 0 Å². The second-order valence-electron chi connectivity index (χ2n) is 4.61. The third-order valence-corrected chi connectivity index (χ3v) is 3.17. The Bertz CT molecular complexity index is 729. The minimum atomic E-state index is -0.712. The molecule has 1 aromatic carbocycles. The molecule has 1 aromatic heterocycles. The molecule has 0 aliphatic rings. The van der Waals surface area contributed by atoms with Crippen LogP contribution in [0.25, 0.3) is 0 Å². The molecule has 0 spiro atoms. The zero-order chi connectivity index (χ0) is 17.7. The molecule has 1 N–H and O–H groups in total. The Morgan fingerprint density at radius 1 is 1.17 bits per heavy atom. The van der Waals surface area contributed by atoms with Gasteiger partial charge in [0.15, 0.2) is 17.3 Å². The monoisotopic (exact) mass is 336 g/mol. The number of methoxy groups -OCH3 is 3. The summed E-state index contributed by atoms with van der Waals surface area (Å²) in [6, 6.07) is 5.73. The van der Waals surface area contributed by atoms with Gasteiger partial charge in [-0.2, -0.15) is 0 Å². The molecular weight excluding hydrogens is 320 g/mol. The van der Waals surface area contributed by atoms with E-state index in [0.29, 0.717) is 22.8 Å². The van der Waals surface area contributed by atoms with E-state index in [1.807, 2.05) is 0 Å². The van der Waals surface area contributed by atoms with Gasteiger partial charge in [-0.05, 0) is 23.8 Å². The molecule has 2 aromatic rings. The Labute approximate surface area is 137 Å². The van der Waals surface area contributed by atoms with Crippen molar-refractivity contribution in [3.05, 3.63) is 45.7 Å². The largest absolute Gasteiger partial charge is 0.493 e. The second kappa shape index (κ2) is 7.36. The molecule has 128 valence electrons. The smallest absolute Gasteiger partial charge is 0.433 e. The van der Waals surface area contributed by atoms with Crippen LogP contribution in [0.4, 0.5) is 5.88 Å². The zero-order valence-corrected chi connectivity index (χ0v) is 13.3. The van der Waals surface area contributed by atoms with Gasteiger partial charge in [0, 0.05) is 6.54 Å². The number of nitrogens with one attached hydrogen (secondary N) is 1. The zero-order valence-electron chi connectivity index (χ0n) is 13.3. The van der Waals surface area contributed by atoms with E-state index in [2.05, 4.69) is 5.32 Å². The summed E-state index contributed by atoms with van der Waals surface area (Å²) in [4.78, 5) is 21.8. The molecule has 0 saturated carbocycles. The number of benzene rings is 1. The Morgan fingerprint density at radius 2 is 1.79 bits per heavy atom. The van der Waals surface area contributed by atoms with E-state index in [9.17, 15) is 14.9 Å². The van der Waals surface area contributed by atoms with Crippen LogP contribution >= 0.6 is 0 Å².